The zero-order valence-corrected chi connectivity index (χ0v) is 16.2. The fourth-order valence-corrected chi connectivity index (χ4v) is 3.72. The first-order chi connectivity index (χ1) is 13.6. The summed E-state index contributed by atoms with van der Waals surface area (Å²) in [4.78, 5) is 27.0. The van der Waals surface area contributed by atoms with E-state index in [2.05, 4.69) is 16.8 Å². The van der Waals surface area contributed by atoms with E-state index < -0.39 is 11.8 Å². The van der Waals surface area contributed by atoms with E-state index in [1.807, 2.05) is 48.7 Å². The first-order valence-corrected chi connectivity index (χ1v) is 9.55. The average molecular weight is 389 g/mol. The summed E-state index contributed by atoms with van der Waals surface area (Å²) in [5, 5.41) is 3.72. The number of thiocarbonyl (C=S) groups is 1. The molecule has 6 heteroatoms. The maximum Gasteiger partial charge on any atom is 0.270 e. The molecule has 1 aromatic heterocycles. The van der Waals surface area contributed by atoms with Crippen molar-refractivity contribution in [3.63, 3.8) is 0 Å². The third kappa shape index (κ3) is 3.12. The van der Waals surface area contributed by atoms with Crippen LogP contribution in [0.4, 0.5) is 5.69 Å². The van der Waals surface area contributed by atoms with E-state index in [1.54, 1.807) is 18.2 Å². The lowest BCUT2D eigenvalue weighted by Crippen LogP contribution is -2.54. The molecule has 0 unspecified atom stereocenters. The van der Waals surface area contributed by atoms with Gasteiger partial charge < -0.3 is 4.57 Å². The molecule has 2 heterocycles. The van der Waals surface area contributed by atoms with Crippen LogP contribution in [-0.2, 0) is 16.1 Å². The molecule has 5 nitrogen and oxygen atoms in total. The second-order valence-electron chi connectivity index (χ2n) is 6.59. The van der Waals surface area contributed by atoms with Crippen LogP contribution in [0.2, 0.25) is 0 Å². The molecule has 4 rings (SSSR count). The fraction of sp³-hybridized carbons (Fsp3) is 0.136. The maximum atomic E-state index is 13.1. The van der Waals surface area contributed by atoms with Crippen LogP contribution >= 0.6 is 12.2 Å². The van der Waals surface area contributed by atoms with Crippen LogP contribution in [0.25, 0.3) is 17.0 Å². The number of para-hydroxylation sites is 2. The quantitative estimate of drug-likeness (QED) is 0.419. The Hall–Kier alpha value is -3.25. The van der Waals surface area contributed by atoms with Gasteiger partial charge in [0.05, 0.1) is 5.69 Å². The van der Waals surface area contributed by atoms with Crippen LogP contribution in [0, 0.1) is 0 Å². The van der Waals surface area contributed by atoms with Crippen LogP contribution < -0.4 is 10.2 Å². The number of hydrogen-bond acceptors (Lipinski definition) is 3. The Morgan fingerprint density at radius 2 is 1.75 bits per heavy atom. The summed E-state index contributed by atoms with van der Waals surface area (Å²) in [6, 6.07) is 17.1. The molecule has 2 amide bonds. The van der Waals surface area contributed by atoms with Gasteiger partial charge in [0.1, 0.15) is 5.57 Å². The molecule has 1 aliphatic rings. The van der Waals surface area contributed by atoms with Crippen molar-refractivity contribution in [3.8, 4) is 0 Å². The van der Waals surface area contributed by atoms with E-state index in [0.29, 0.717) is 5.69 Å². The first kappa shape index (κ1) is 18.1. The molecule has 0 spiro atoms. The monoisotopic (exact) mass is 389 g/mol. The van der Waals surface area contributed by atoms with Crippen molar-refractivity contribution >= 4 is 51.8 Å². The van der Waals surface area contributed by atoms with Gasteiger partial charge in [-0.2, -0.15) is 0 Å². The second-order valence-corrected chi connectivity index (χ2v) is 6.98. The largest absolute Gasteiger partial charge is 0.347 e. The van der Waals surface area contributed by atoms with Crippen molar-refractivity contribution in [1.29, 1.82) is 0 Å². The predicted octanol–water partition coefficient (Wildman–Crippen LogP) is 3.88. The molecule has 0 bridgehead atoms. The van der Waals surface area contributed by atoms with E-state index in [9.17, 15) is 9.59 Å². The first-order valence-electron chi connectivity index (χ1n) is 9.14. The molecular formula is C22H19N3O2S. The number of aromatic nitrogens is 1. The smallest absolute Gasteiger partial charge is 0.270 e. The number of anilines is 1. The number of amides is 2. The standard InChI is InChI=1S/C22H19N3O2S/c1-2-12-24-14-15(17-10-6-7-11-19(17)24)13-18-20(26)23-22(28)25(21(18)27)16-8-4-3-5-9-16/h3-11,13-14H,2,12H2,1H3,(H,23,26,28)/b18-13+. The van der Waals surface area contributed by atoms with Crippen molar-refractivity contribution in [1.82, 2.24) is 9.88 Å². The van der Waals surface area contributed by atoms with Crippen LogP contribution in [0.5, 0.6) is 0 Å². The Morgan fingerprint density at radius 1 is 1.04 bits per heavy atom. The number of benzene rings is 2. The van der Waals surface area contributed by atoms with Crippen LogP contribution in [0.15, 0.2) is 66.4 Å². The minimum atomic E-state index is -0.477. The number of nitrogens with one attached hydrogen (secondary N) is 1. The minimum absolute atomic E-state index is 0.0665. The summed E-state index contributed by atoms with van der Waals surface area (Å²) < 4.78 is 2.15. The summed E-state index contributed by atoms with van der Waals surface area (Å²) in [6.45, 7) is 2.98. The highest BCUT2D eigenvalue weighted by Gasteiger charge is 2.34. The number of fused-ring (bicyclic) bond motifs is 1. The van der Waals surface area contributed by atoms with E-state index in [0.717, 1.165) is 29.4 Å². The fourth-order valence-electron chi connectivity index (χ4n) is 3.44. The van der Waals surface area contributed by atoms with Crippen LogP contribution in [-0.4, -0.2) is 21.5 Å². The minimum Gasteiger partial charge on any atom is -0.347 e. The van der Waals surface area contributed by atoms with Gasteiger partial charge in [-0.1, -0.05) is 43.3 Å². The summed E-state index contributed by atoms with van der Waals surface area (Å²) in [6.07, 6.45) is 4.63. The van der Waals surface area contributed by atoms with Crippen molar-refractivity contribution in [3.05, 3.63) is 71.9 Å². The van der Waals surface area contributed by atoms with Gasteiger partial charge in [-0.25, -0.2) is 0 Å². The van der Waals surface area contributed by atoms with E-state index in [-0.39, 0.29) is 10.7 Å². The average Bonchev–Trinajstić information content (AvgIpc) is 3.04. The number of carbonyl (C=O) groups is 2. The molecule has 1 saturated heterocycles. The van der Waals surface area contributed by atoms with Crippen molar-refractivity contribution < 1.29 is 9.59 Å². The molecule has 0 saturated carbocycles. The van der Waals surface area contributed by atoms with Gasteiger partial charge in [0.15, 0.2) is 5.11 Å². The molecule has 0 atom stereocenters. The van der Waals surface area contributed by atoms with Gasteiger partial charge in [-0.15, -0.1) is 0 Å². The molecule has 1 fully saturated rings. The normalized spacial score (nSPS) is 16.1. The molecule has 140 valence electrons. The summed E-state index contributed by atoms with van der Waals surface area (Å²) in [7, 11) is 0. The van der Waals surface area contributed by atoms with Gasteiger partial charge in [0, 0.05) is 29.2 Å². The molecule has 28 heavy (non-hydrogen) atoms. The molecule has 2 aromatic carbocycles. The Kier molecular flexibility index (Phi) is 4.79. The highest BCUT2D eigenvalue weighted by atomic mass is 32.1. The summed E-state index contributed by atoms with van der Waals surface area (Å²) >= 11 is 5.24. The predicted molar refractivity (Wildman–Crippen MR) is 115 cm³/mol. The van der Waals surface area contributed by atoms with Crippen LogP contribution in [0.3, 0.4) is 0 Å². The SMILES string of the molecule is CCCn1cc(/C=C2\C(=O)NC(=S)N(c3ccccc3)C2=O)c2ccccc21. The van der Waals surface area contributed by atoms with Gasteiger partial charge >= 0.3 is 0 Å². The lowest BCUT2D eigenvalue weighted by atomic mass is 10.1. The summed E-state index contributed by atoms with van der Waals surface area (Å²) in [5.41, 5.74) is 2.60. The number of rotatable bonds is 4. The number of hydrogen-bond donors (Lipinski definition) is 1. The Labute approximate surface area is 168 Å². The van der Waals surface area contributed by atoms with Crippen LogP contribution in [0.1, 0.15) is 18.9 Å². The van der Waals surface area contributed by atoms with Gasteiger partial charge in [-0.05, 0) is 42.9 Å². The highest BCUT2D eigenvalue weighted by Crippen LogP contribution is 2.26. The third-order valence-corrected chi connectivity index (χ3v) is 4.98. The number of carbonyl (C=O) groups excluding carboxylic acids is 2. The van der Waals surface area contributed by atoms with Crippen molar-refractivity contribution in [2.24, 2.45) is 0 Å². The van der Waals surface area contributed by atoms with Crippen molar-refractivity contribution in [2.75, 3.05) is 4.90 Å². The molecule has 3 aromatic rings. The zero-order chi connectivity index (χ0) is 19.7. The number of aryl methyl sites for hydroxylation is 1. The second kappa shape index (κ2) is 7.40. The van der Waals surface area contributed by atoms with E-state index in [4.69, 9.17) is 12.2 Å². The van der Waals surface area contributed by atoms with Gasteiger partial charge in [0.2, 0.25) is 0 Å². The van der Waals surface area contributed by atoms with Gasteiger partial charge in [0.25, 0.3) is 11.8 Å². The molecule has 1 aliphatic heterocycles. The number of nitrogens with zero attached hydrogens (tertiary/aromatic N) is 2. The van der Waals surface area contributed by atoms with E-state index >= 15 is 0 Å². The Bertz CT molecular complexity index is 1120. The lowest BCUT2D eigenvalue weighted by molar-refractivity contribution is -0.122. The highest BCUT2D eigenvalue weighted by molar-refractivity contribution is 7.80. The van der Waals surface area contributed by atoms with Gasteiger partial charge in [-0.3, -0.25) is 19.8 Å². The zero-order valence-electron chi connectivity index (χ0n) is 15.4. The molecule has 1 N–H and O–H groups in total. The molecular weight excluding hydrogens is 370 g/mol. The van der Waals surface area contributed by atoms with E-state index in [1.165, 1.54) is 4.90 Å². The lowest BCUT2D eigenvalue weighted by Gasteiger charge is -2.28. The Balaban J connectivity index is 1.81. The topological polar surface area (TPSA) is 54.3 Å². The summed E-state index contributed by atoms with van der Waals surface area (Å²) in [5.74, 6) is -0.901. The molecule has 0 aliphatic carbocycles. The third-order valence-electron chi connectivity index (χ3n) is 4.70. The molecule has 0 radical (unpaired) electrons. The Morgan fingerprint density at radius 3 is 2.50 bits per heavy atom. The van der Waals surface area contributed by atoms with Crippen molar-refractivity contribution in [2.45, 2.75) is 19.9 Å². The maximum absolute atomic E-state index is 13.1.